The Balaban J connectivity index is 1.92. The van der Waals surface area contributed by atoms with Crippen molar-refractivity contribution in [2.24, 2.45) is 0 Å². The summed E-state index contributed by atoms with van der Waals surface area (Å²) in [5, 5.41) is 9.15. The van der Waals surface area contributed by atoms with Gasteiger partial charge in [0.2, 0.25) is 5.91 Å². The third-order valence-electron chi connectivity index (χ3n) is 4.58. The predicted molar refractivity (Wildman–Crippen MR) is 87.8 cm³/mol. The first-order valence-electron chi connectivity index (χ1n) is 8.10. The summed E-state index contributed by atoms with van der Waals surface area (Å²) in [4.78, 5) is 24.9. The van der Waals surface area contributed by atoms with Crippen LogP contribution < -0.4 is 4.74 Å². The van der Waals surface area contributed by atoms with Crippen molar-refractivity contribution in [2.45, 2.75) is 52.0 Å². The first kappa shape index (κ1) is 17.3. The van der Waals surface area contributed by atoms with Crippen LogP contribution in [-0.4, -0.2) is 41.6 Å². The lowest BCUT2D eigenvalue weighted by atomic mass is 9.97. The Labute approximate surface area is 137 Å². The molecule has 1 saturated heterocycles. The van der Waals surface area contributed by atoms with Crippen molar-refractivity contribution in [1.82, 2.24) is 4.90 Å². The van der Waals surface area contributed by atoms with E-state index in [4.69, 9.17) is 9.84 Å². The van der Waals surface area contributed by atoms with Gasteiger partial charge in [0.05, 0.1) is 7.11 Å². The Morgan fingerprint density at radius 3 is 2.52 bits per heavy atom. The van der Waals surface area contributed by atoms with E-state index in [9.17, 15) is 9.59 Å². The van der Waals surface area contributed by atoms with Crippen LogP contribution in [0.1, 0.15) is 42.4 Å². The van der Waals surface area contributed by atoms with Crippen LogP contribution in [0.5, 0.6) is 5.75 Å². The highest BCUT2D eigenvalue weighted by molar-refractivity contribution is 5.84. The summed E-state index contributed by atoms with van der Waals surface area (Å²) in [5.74, 6) is -0.0856. The number of aliphatic carboxylic acids is 1. The Hall–Kier alpha value is -2.04. The second-order valence-corrected chi connectivity index (χ2v) is 6.18. The number of nitrogens with zero attached hydrogens (tertiary/aromatic N) is 1. The van der Waals surface area contributed by atoms with Gasteiger partial charge in [0.25, 0.3) is 0 Å². The Kier molecular flexibility index (Phi) is 5.64. The molecule has 1 atom stereocenters. The number of rotatable bonds is 6. The fraction of sp³-hybridized carbons (Fsp3) is 0.556. The number of carboxylic acid groups (broad SMARTS) is 1. The molecule has 0 radical (unpaired) electrons. The van der Waals surface area contributed by atoms with E-state index in [0.717, 1.165) is 25.0 Å². The summed E-state index contributed by atoms with van der Waals surface area (Å²) in [7, 11) is 1.65. The number of methoxy groups -OCH3 is 1. The van der Waals surface area contributed by atoms with E-state index in [2.05, 4.69) is 0 Å². The van der Waals surface area contributed by atoms with Crippen molar-refractivity contribution in [3.05, 3.63) is 28.8 Å². The summed E-state index contributed by atoms with van der Waals surface area (Å²) in [6.07, 6.45) is 3.29. The van der Waals surface area contributed by atoms with E-state index in [1.807, 2.05) is 26.0 Å². The van der Waals surface area contributed by atoms with Crippen molar-refractivity contribution in [3.63, 3.8) is 0 Å². The average Bonchev–Trinajstić information content (AvgIpc) is 2.99. The molecule has 1 amide bonds. The van der Waals surface area contributed by atoms with Gasteiger partial charge in [-0.3, -0.25) is 4.79 Å². The number of aryl methyl sites for hydroxylation is 2. The fourth-order valence-electron chi connectivity index (χ4n) is 3.35. The zero-order valence-corrected chi connectivity index (χ0v) is 14.1. The predicted octanol–water partition coefficient (Wildman–Crippen LogP) is 2.71. The molecule has 0 aliphatic carbocycles. The highest BCUT2D eigenvalue weighted by Crippen LogP contribution is 2.24. The van der Waals surface area contributed by atoms with Crippen LogP contribution in [0.2, 0.25) is 0 Å². The molecule has 1 aromatic rings. The number of hydrogen-bond acceptors (Lipinski definition) is 3. The maximum absolute atomic E-state index is 12.3. The topological polar surface area (TPSA) is 66.8 Å². The van der Waals surface area contributed by atoms with E-state index in [1.54, 1.807) is 7.11 Å². The standard InChI is InChI=1S/C18H25NO4/c1-12-10-14(23-3)11-13(2)15(12)6-4-8-17(20)19-9-5-7-16(19)18(21)22/h10-11,16H,4-9H2,1-3H3,(H,21,22). The van der Waals surface area contributed by atoms with E-state index in [1.165, 1.54) is 21.6 Å². The first-order valence-corrected chi connectivity index (χ1v) is 8.10. The summed E-state index contributed by atoms with van der Waals surface area (Å²) >= 11 is 0. The molecule has 1 aliphatic heterocycles. The molecule has 23 heavy (non-hydrogen) atoms. The summed E-state index contributed by atoms with van der Waals surface area (Å²) < 4.78 is 5.26. The second kappa shape index (κ2) is 7.49. The number of benzene rings is 1. The van der Waals surface area contributed by atoms with Crippen molar-refractivity contribution in [2.75, 3.05) is 13.7 Å². The van der Waals surface area contributed by atoms with Gasteiger partial charge in [-0.25, -0.2) is 4.79 Å². The fourth-order valence-corrected chi connectivity index (χ4v) is 3.35. The highest BCUT2D eigenvalue weighted by atomic mass is 16.5. The van der Waals surface area contributed by atoms with Gasteiger partial charge in [0.1, 0.15) is 11.8 Å². The van der Waals surface area contributed by atoms with Gasteiger partial charge in [0.15, 0.2) is 0 Å². The Morgan fingerprint density at radius 2 is 1.96 bits per heavy atom. The molecule has 1 N–H and O–H groups in total. The largest absolute Gasteiger partial charge is 0.497 e. The summed E-state index contributed by atoms with van der Waals surface area (Å²) in [6.45, 7) is 4.66. The SMILES string of the molecule is COc1cc(C)c(CCCC(=O)N2CCCC2C(=O)O)c(C)c1. The van der Waals surface area contributed by atoms with Gasteiger partial charge in [-0.1, -0.05) is 0 Å². The van der Waals surface area contributed by atoms with E-state index in [-0.39, 0.29) is 5.91 Å². The number of carbonyl (C=O) groups excluding carboxylic acids is 1. The molecule has 0 aromatic heterocycles. The van der Waals surface area contributed by atoms with E-state index in [0.29, 0.717) is 19.4 Å². The minimum Gasteiger partial charge on any atom is -0.497 e. The van der Waals surface area contributed by atoms with Crippen molar-refractivity contribution < 1.29 is 19.4 Å². The zero-order chi connectivity index (χ0) is 17.0. The van der Waals surface area contributed by atoms with Gasteiger partial charge < -0.3 is 14.7 Å². The van der Waals surface area contributed by atoms with Gasteiger partial charge in [-0.05, 0) is 68.4 Å². The molecule has 1 fully saturated rings. The van der Waals surface area contributed by atoms with E-state index >= 15 is 0 Å². The number of hydrogen-bond donors (Lipinski definition) is 1. The summed E-state index contributed by atoms with van der Waals surface area (Å²) in [5.41, 5.74) is 3.58. The summed E-state index contributed by atoms with van der Waals surface area (Å²) in [6, 6.07) is 3.38. The van der Waals surface area contributed by atoms with Gasteiger partial charge >= 0.3 is 5.97 Å². The van der Waals surface area contributed by atoms with Crippen LogP contribution in [0.3, 0.4) is 0 Å². The van der Waals surface area contributed by atoms with Gasteiger partial charge in [0, 0.05) is 13.0 Å². The second-order valence-electron chi connectivity index (χ2n) is 6.18. The van der Waals surface area contributed by atoms with Gasteiger partial charge in [-0.2, -0.15) is 0 Å². The maximum Gasteiger partial charge on any atom is 0.326 e. The van der Waals surface area contributed by atoms with Crippen molar-refractivity contribution in [3.8, 4) is 5.75 Å². The molecule has 5 nitrogen and oxygen atoms in total. The number of carbonyl (C=O) groups is 2. The average molecular weight is 319 g/mol. The van der Waals surface area contributed by atoms with Crippen LogP contribution in [0, 0.1) is 13.8 Å². The van der Waals surface area contributed by atoms with Crippen molar-refractivity contribution in [1.29, 1.82) is 0 Å². The lowest BCUT2D eigenvalue weighted by Gasteiger charge is -2.21. The number of ether oxygens (including phenoxy) is 1. The third-order valence-corrected chi connectivity index (χ3v) is 4.58. The Morgan fingerprint density at radius 1 is 1.30 bits per heavy atom. The molecular weight excluding hydrogens is 294 g/mol. The van der Waals surface area contributed by atoms with Crippen molar-refractivity contribution >= 4 is 11.9 Å². The lowest BCUT2D eigenvalue weighted by Crippen LogP contribution is -2.40. The Bertz CT molecular complexity index is 574. The minimum atomic E-state index is -0.891. The minimum absolute atomic E-state index is 0.0429. The van der Waals surface area contributed by atoms with Crippen LogP contribution in [0.25, 0.3) is 0 Å². The molecule has 1 aromatic carbocycles. The first-order chi connectivity index (χ1) is 10.9. The highest BCUT2D eigenvalue weighted by Gasteiger charge is 2.33. The molecule has 1 aliphatic rings. The molecule has 0 saturated carbocycles. The molecule has 0 bridgehead atoms. The van der Waals surface area contributed by atoms with Crippen LogP contribution in [0.4, 0.5) is 0 Å². The van der Waals surface area contributed by atoms with Crippen LogP contribution in [0.15, 0.2) is 12.1 Å². The molecule has 126 valence electrons. The lowest BCUT2D eigenvalue weighted by molar-refractivity contribution is -0.148. The zero-order valence-electron chi connectivity index (χ0n) is 14.1. The van der Waals surface area contributed by atoms with Crippen LogP contribution in [-0.2, 0) is 16.0 Å². The quantitative estimate of drug-likeness (QED) is 0.875. The monoisotopic (exact) mass is 319 g/mol. The van der Waals surface area contributed by atoms with E-state index < -0.39 is 12.0 Å². The molecule has 2 rings (SSSR count). The molecule has 1 unspecified atom stereocenters. The normalized spacial score (nSPS) is 17.3. The third kappa shape index (κ3) is 4.03. The van der Waals surface area contributed by atoms with Gasteiger partial charge in [-0.15, -0.1) is 0 Å². The maximum atomic E-state index is 12.3. The molecule has 1 heterocycles. The molecule has 0 spiro atoms. The molecular formula is C18H25NO4. The molecule has 5 heteroatoms. The number of carboxylic acids is 1. The number of likely N-dealkylation sites (tertiary alicyclic amines) is 1. The smallest absolute Gasteiger partial charge is 0.326 e. The van der Waals surface area contributed by atoms with Crippen LogP contribution >= 0.6 is 0 Å². The number of amides is 1.